The Morgan fingerprint density at radius 2 is 2.09 bits per heavy atom. The lowest BCUT2D eigenvalue weighted by Crippen LogP contribution is -2.12. The number of unbranched alkanes of at least 4 members (excludes halogenated alkanes) is 1. The summed E-state index contributed by atoms with van der Waals surface area (Å²) in [5, 5.41) is 0. The lowest BCUT2D eigenvalue weighted by Gasteiger charge is -1.99. The minimum Gasteiger partial charge on any atom is -0.385 e. The van der Waals surface area contributed by atoms with E-state index in [9.17, 15) is 4.21 Å². The molecule has 0 aliphatic carbocycles. The second-order valence-corrected chi connectivity index (χ2v) is 4.03. The van der Waals surface area contributed by atoms with Gasteiger partial charge in [0.25, 0.3) is 0 Å². The Balaban J connectivity index is 3.04. The van der Waals surface area contributed by atoms with Gasteiger partial charge >= 0.3 is 0 Å². The van der Waals surface area contributed by atoms with Crippen molar-refractivity contribution in [2.45, 2.75) is 12.8 Å². The second-order valence-electron chi connectivity index (χ2n) is 2.34. The highest BCUT2D eigenvalue weighted by atomic mass is 32.2. The van der Waals surface area contributed by atoms with Crippen LogP contribution in [-0.4, -0.2) is 36.0 Å². The number of nitrogens with two attached hydrogens (primary N) is 1. The Bertz CT molecular complexity index is 109. The van der Waals surface area contributed by atoms with Crippen molar-refractivity contribution in [3.05, 3.63) is 0 Å². The quantitative estimate of drug-likeness (QED) is 0.565. The number of rotatable bonds is 7. The molecule has 68 valence electrons. The molecule has 0 spiro atoms. The van der Waals surface area contributed by atoms with E-state index in [0.717, 1.165) is 25.2 Å². The van der Waals surface area contributed by atoms with E-state index in [1.807, 2.05) is 0 Å². The van der Waals surface area contributed by atoms with Crippen LogP contribution in [0, 0.1) is 0 Å². The SMILES string of the molecule is COCCCCS(=O)CCN. The third kappa shape index (κ3) is 7.97. The molecule has 0 aromatic rings. The highest BCUT2D eigenvalue weighted by molar-refractivity contribution is 7.84. The molecule has 0 aromatic carbocycles. The molecule has 3 nitrogen and oxygen atoms in total. The second kappa shape index (κ2) is 8.17. The van der Waals surface area contributed by atoms with Crippen molar-refractivity contribution < 1.29 is 8.95 Å². The van der Waals surface area contributed by atoms with E-state index >= 15 is 0 Å². The molecule has 2 N–H and O–H groups in total. The van der Waals surface area contributed by atoms with Gasteiger partial charge in [-0.1, -0.05) is 0 Å². The highest BCUT2D eigenvalue weighted by Crippen LogP contribution is 1.92. The standard InChI is InChI=1S/C7H17NO2S/c1-10-5-2-3-6-11(9)7-4-8/h2-8H2,1H3. The molecule has 0 bridgehead atoms. The molecule has 0 aromatic heterocycles. The smallest absolute Gasteiger partial charge is 0.0462 e. The Labute approximate surface area is 70.8 Å². The van der Waals surface area contributed by atoms with Crippen LogP contribution in [0.2, 0.25) is 0 Å². The van der Waals surface area contributed by atoms with Gasteiger partial charge < -0.3 is 10.5 Å². The molecule has 0 heterocycles. The van der Waals surface area contributed by atoms with Crippen LogP contribution in [0.15, 0.2) is 0 Å². The molecule has 0 aliphatic rings. The minimum absolute atomic E-state index is 0.525. The Hall–Kier alpha value is 0.0700. The molecule has 11 heavy (non-hydrogen) atoms. The third-order valence-corrected chi connectivity index (χ3v) is 2.75. The summed E-state index contributed by atoms with van der Waals surface area (Å²) >= 11 is 0. The first kappa shape index (κ1) is 11.1. The van der Waals surface area contributed by atoms with Crippen molar-refractivity contribution in [1.29, 1.82) is 0 Å². The van der Waals surface area contributed by atoms with Crippen molar-refractivity contribution in [2.24, 2.45) is 5.73 Å². The summed E-state index contributed by atoms with van der Waals surface area (Å²) in [6, 6.07) is 0. The summed E-state index contributed by atoms with van der Waals surface area (Å²) in [5.41, 5.74) is 5.24. The van der Waals surface area contributed by atoms with Crippen molar-refractivity contribution in [2.75, 3.05) is 31.8 Å². The molecular formula is C7H17NO2S. The molecule has 0 radical (unpaired) electrons. The lowest BCUT2D eigenvalue weighted by atomic mass is 10.4. The van der Waals surface area contributed by atoms with Gasteiger partial charge in [-0.25, -0.2) is 0 Å². The number of hydrogen-bond acceptors (Lipinski definition) is 3. The van der Waals surface area contributed by atoms with Gasteiger partial charge in [-0.2, -0.15) is 0 Å². The van der Waals surface area contributed by atoms with E-state index in [1.165, 1.54) is 0 Å². The summed E-state index contributed by atoms with van der Waals surface area (Å²) in [6.45, 7) is 1.29. The molecule has 4 heteroatoms. The van der Waals surface area contributed by atoms with Crippen molar-refractivity contribution in [3.8, 4) is 0 Å². The summed E-state index contributed by atoms with van der Waals surface area (Å²) in [7, 11) is 0.973. The van der Waals surface area contributed by atoms with Gasteiger partial charge in [0.15, 0.2) is 0 Å². The van der Waals surface area contributed by atoms with Gasteiger partial charge in [0.2, 0.25) is 0 Å². The molecule has 0 saturated carbocycles. The molecule has 1 unspecified atom stereocenters. The number of methoxy groups -OCH3 is 1. The zero-order valence-electron chi connectivity index (χ0n) is 7.04. The van der Waals surface area contributed by atoms with Gasteiger partial charge in [0.05, 0.1) is 0 Å². The maximum Gasteiger partial charge on any atom is 0.0462 e. The van der Waals surface area contributed by atoms with Gasteiger partial charge in [0.1, 0.15) is 0 Å². The molecule has 1 atom stereocenters. The molecular weight excluding hydrogens is 162 g/mol. The normalized spacial score (nSPS) is 13.3. The lowest BCUT2D eigenvalue weighted by molar-refractivity contribution is 0.194. The summed E-state index contributed by atoms with van der Waals surface area (Å²) < 4.78 is 15.9. The van der Waals surface area contributed by atoms with E-state index in [2.05, 4.69) is 0 Å². The Morgan fingerprint density at radius 1 is 1.36 bits per heavy atom. The average Bonchev–Trinajstić information content (AvgIpc) is 1.99. The summed E-state index contributed by atoms with van der Waals surface area (Å²) in [5.74, 6) is 1.40. The highest BCUT2D eigenvalue weighted by Gasteiger charge is 1.96. The van der Waals surface area contributed by atoms with Crippen molar-refractivity contribution >= 4 is 10.8 Å². The first-order valence-corrected chi connectivity index (χ1v) is 5.34. The van der Waals surface area contributed by atoms with Gasteiger partial charge in [-0.05, 0) is 12.8 Å². The summed E-state index contributed by atoms with van der Waals surface area (Å²) in [4.78, 5) is 0. The minimum atomic E-state index is -0.704. The van der Waals surface area contributed by atoms with E-state index in [1.54, 1.807) is 7.11 Å². The van der Waals surface area contributed by atoms with Gasteiger partial charge in [-0.3, -0.25) is 4.21 Å². The monoisotopic (exact) mass is 179 g/mol. The zero-order valence-corrected chi connectivity index (χ0v) is 7.86. The molecule has 0 saturated heterocycles. The fraction of sp³-hybridized carbons (Fsp3) is 1.00. The first-order valence-electron chi connectivity index (χ1n) is 3.85. The van der Waals surface area contributed by atoms with Crippen LogP contribution in [-0.2, 0) is 15.5 Å². The maximum atomic E-state index is 11.0. The number of ether oxygens (including phenoxy) is 1. The van der Waals surface area contributed by atoms with Crippen LogP contribution >= 0.6 is 0 Å². The largest absolute Gasteiger partial charge is 0.385 e. The third-order valence-electron chi connectivity index (χ3n) is 1.32. The van der Waals surface area contributed by atoms with Crippen LogP contribution in [0.5, 0.6) is 0 Å². The van der Waals surface area contributed by atoms with Crippen LogP contribution in [0.1, 0.15) is 12.8 Å². The Kier molecular flexibility index (Phi) is 8.22. The van der Waals surface area contributed by atoms with Crippen LogP contribution in [0.3, 0.4) is 0 Å². The molecule has 0 rings (SSSR count). The predicted octanol–water partition coefficient (Wildman–Crippen LogP) is 0.120. The van der Waals surface area contributed by atoms with E-state index in [4.69, 9.17) is 10.5 Å². The zero-order chi connectivity index (χ0) is 8.53. The van der Waals surface area contributed by atoms with Gasteiger partial charge in [-0.15, -0.1) is 0 Å². The molecule has 0 amide bonds. The Morgan fingerprint density at radius 3 is 2.64 bits per heavy atom. The van der Waals surface area contributed by atoms with Crippen LogP contribution in [0.4, 0.5) is 0 Å². The van der Waals surface area contributed by atoms with E-state index in [0.29, 0.717) is 12.3 Å². The molecule has 0 aliphatic heterocycles. The fourth-order valence-corrected chi connectivity index (χ4v) is 1.74. The van der Waals surface area contributed by atoms with Crippen molar-refractivity contribution in [1.82, 2.24) is 0 Å². The topological polar surface area (TPSA) is 52.3 Å². The average molecular weight is 179 g/mol. The van der Waals surface area contributed by atoms with Crippen LogP contribution in [0.25, 0.3) is 0 Å². The molecule has 0 fully saturated rings. The summed E-state index contributed by atoms with van der Waals surface area (Å²) in [6.07, 6.45) is 1.97. The predicted molar refractivity (Wildman–Crippen MR) is 48.0 cm³/mol. The first-order chi connectivity index (χ1) is 5.31. The van der Waals surface area contributed by atoms with E-state index in [-0.39, 0.29) is 0 Å². The van der Waals surface area contributed by atoms with Crippen LogP contribution < -0.4 is 5.73 Å². The van der Waals surface area contributed by atoms with Crippen molar-refractivity contribution in [3.63, 3.8) is 0 Å². The van der Waals surface area contributed by atoms with E-state index < -0.39 is 10.8 Å². The fourth-order valence-electron chi connectivity index (χ4n) is 0.743. The van der Waals surface area contributed by atoms with Gasteiger partial charge in [0, 0.05) is 42.6 Å². The number of hydrogen-bond donors (Lipinski definition) is 1. The maximum absolute atomic E-state index is 11.0.